The minimum absolute atomic E-state index is 0.132. The first-order valence-corrected chi connectivity index (χ1v) is 10.2. The normalized spacial score (nSPS) is 12.7. The van der Waals surface area contributed by atoms with Crippen LogP contribution < -0.4 is 16.4 Å². The number of aliphatic imine (C=N–C) groups is 1. The molecule has 2 aromatic carbocycles. The average Bonchev–Trinajstić information content (AvgIpc) is 2.74. The van der Waals surface area contributed by atoms with Crippen LogP contribution in [0.15, 0.2) is 53.5 Å². The van der Waals surface area contributed by atoms with Gasteiger partial charge in [0.2, 0.25) is 5.91 Å². The highest BCUT2D eigenvalue weighted by atomic mass is 35.5. The molecular formula is C22H30ClN5O. The minimum Gasteiger partial charge on any atom is -0.366 e. The third-order valence-electron chi connectivity index (χ3n) is 4.90. The van der Waals surface area contributed by atoms with E-state index < -0.39 is 5.91 Å². The van der Waals surface area contributed by atoms with Crippen molar-refractivity contribution < 1.29 is 4.79 Å². The molecule has 29 heavy (non-hydrogen) atoms. The van der Waals surface area contributed by atoms with Crippen molar-refractivity contribution in [1.82, 2.24) is 15.5 Å². The second-order valence-corrected chi connectivity index (χ2v) is 7.03. The van der Waals surface area contributed by atoms with Crippen LogP contribution in [0, 0.1) is 0 Å². The lowest BCUT2D eigenvalue weighted by Crippen LogP contribution is -2.43. The van der Waals surface area contributed by atoms with Gasteiger partial charge in [-0.3, -0.25) is 14.7 Å². The Morgan fingerprint density at radius 1 is 1.10 bits per heavy atom. The monoisotopic (exact) mass is 415 g/mol. The van der Waals surface area contributed by atoms with E-state index in [1.54, 1.807) is 19.2 Å². The van der Waals surface area contributed by atoms with Crippen molar-refractivity contribution in [3.8, 4) is 0 Å². The first-order valence-electron chi connectivity index (χ1n) is 9.81. The molecule has 0 radical (unpaired) electrons. The van der Waals surface area contributed by atoms with Gasteiger partial charge in [-0.25, -0.2) is 0 Å². The Labute approximate surface area is 178 Å². The summed E-state index contributed by atoms with van der Waals surface area (Å²) < 4.78 is 0. The summed E-state index contributed by atoms with van der Waals surface area (Å²) in [5.74, 6) is 0.275. The smallest absolute Gasteiger partial charge is 0.248 e. The molecule has 2 rings (SSSR count). The number of nitrogens with two attached hydrogens (primary N) is 1. The fourth-order valence-electron chi connectivity index (χ4n) is 3.23. The largest absolute Gasteiger partial charge is 0.366 e. The van der Waals surface area contributed by atoms with Crippen molar-refractivity contribution in [1.29, 1.82) is 0 Å². The predicted molar refractivity (Wildman–Crippen MR) is 120 cm³/mol. The molecule has 0 saturated carbocycles. The average molecular weight is 416 g/mol. The zero-order chi connectivity index (χ0) is 21.2. The molecular weight excluding hydrogens is 386 g/mol. The van der Waals surface area contributed by atoms with Crippen molar-refractivity contribution in [2.45, 2.75) is 26.4 Å². The molecule has 2 aromatic rings. The van der Waals surface area contributed by atoms with Crippen molar-refractivity contribution in [3.05, 3.63) is 70.2 Å². The minimum atomic E-state index is -0.427. The Morgan fingerprint density at radius 2 is 1.76 bits per heavy atom. The number of carbonyl (C=O) groups is 1. The lowest BCUT2D eigenvalue weighted by Gasteiger charge is -2.31. The van der Waals surface area contributed by atoms with Crippen molar-refractivity contribution in [2.24, 2.45) is 10.7 Å². The van der Waals surface area contributed by atoms with Crippen LogP contribution in [-0.4, -0.2) is 43.4 Å². The third kappa shape index (κ3) is 6.48. The number of nitrogens with zero attached hydrogens (tertiary/aromatic N) is 2. The van der Waals surface area contributed by atoms with Gasteiger partial charge in [0, 0.05) is 30.7 Å². The van der Waals surface area contributed by atoms with Crippen LogP contribution >= 0.6 is 11.6 Å². The second-order valence-electron chi connectivity index (χ2n) is 6.63. The lowest BCUT2D eigenvalue weighted by molar-refractivity contribution is 0.100. The van der Waals surface area contributed by atoms with Crippen LogP contribution in [0.4, 0.5) is 0 Å². The molecule has 156 valence electrons. The maximum Gasteiger partial charge on any atom is 0.248 e. The molecule has 0 spiro atoms. The molecule has 0 aromatic heterocycles. The first-order chi connectivity index (χ1) is 14.0. The highest BCUT2D eigenvalue weighted by molar-refractivity contribution is 6.31. The Kier molecular flexibility index (Phi) is 8.96. The second kappa shape index (κ2) is 11.4. The maximum atomic E-state index is 11.2. The van der Waals surface area contributed by atoms with Gasteiger partial charge in [0.25, 0.3) is 0 Å². The van der Waals surface area contributed by atoms with E-state index >= 15 is 0 Å². The molecule has 4 N–H and O–H groups in total. The molecule has 1 atom stereocenters. The van der Waals surface area contributed by atoms with Gasteiger partial charge in [-0.2, -0.15) is 0 Å². The highest BCUT2D eigenvalue weighted by Crippen LogP contribution is 2.26. The van der Waals surface area contributed by atoms with Crippen LogP contribution in [0.25, 0.3) is 0 Å². The molecule has 0 saturated heterocycles. The third-order valence-corrected chi connectivity index (χ3v) is 5.25. The number of hydrogen-bond donors (Lipinski definition) is 3. The molecule has 0 aliphatic rings. The fourth-order valence-corrected chi connectivity index (χ4v) is 3.49. The van der Waals surface area contributed by atoms with E-state index in [0.29, 0.717) is 24.6 Å². The van der Waals surface area contributed by atoms with Crippen LogP contribution in [-0.2, 0) is 6.54 Å². The Bertz CT molecular complexity index is 818. The Balaban J connectivity index is 2.02. The Hall–Kier alpha value is -2.57. The van der Waals surface area contributed by atoms with Crippen LogP contribution in [0.5, 0.6) is 0 Å². The highest BCUT2D eigenvalue weighted by Gasteiger charge is 2.20. The predicted octanol–water partition coefficient (Wildman–Crippen LogP) is 3.19. The van der Waals surface area contributed by atoms with E-state index in [-0.39, 0.29) is 6.04 Å². The van der Waals surface area contributed by atoms with Crippen LogP contribution in [0.2, 0.25) is 5.02 Å². The van der Waals surface area contributed by atoms with E-state index in [9.17, 15) is 4.79 Å². The summed E-state index contributed by atoms with van der Waals surface area (Å²) >= 11 is 6.47. The molecule has 7 heteroatoms. The van der Waals surface area contributed by atoms with E-state index in [0.717, 1.165) is 29.2 Å². The number of amides is 1. The van der Waals surface area contributed by atoms with E-state index in [2.05, 4.69) is 40.4 Å². The number of benzene rings is 2. The summed E-state index contributed by atoms with van der Waals surface area (Å²) in [5, 5.41) is 7.48. The molecule has 1 unspecified atom stereocenters. The van der Waals surface area contributed by atoms with E-state index in [1.807, 2.05) is 30.3 Å². The molecule has 0 heterocycles. The molecule has 0 aliphatic heterocycles. The molecule has 0 aliphatic carbocycles. The van der Waals surface area contributed by atoms with Gasteiger partial charge in [0.15, 0.2) is 5.96 Å². The number of primary amides is 1. The topological polar surface area (TPSA) is 82.8 Å². The summed E-state index contributed by atoms with van der Waals surface area (Å²) in [7, 11) is 1.74. The first kappa shape index (κ1) is 22.7. The number of halogens is 1. The fraction of sp³-hybridized carbons (Fsp3) is 0.364. The zero-order valence-corrected chi connectivity index (χ0v) is 18.0. The van der Waals surface area contributed by atoms with Gasteiger partial charge in [-0.05, 0) is 42.4 Å². The van der Waals surface area contributed by atoms with Crippen molar-refractivity contribution in [2.75, 3.05) is 26.7 Å². The van der Waals surface area contributed by atoms with Crippen molar-refractivity contribution >= 4 is 23.5 Å². The molecule has 0 fully saturated rings. The van der Waals surface area contributed by atoms with E-state index in [1.165, 1.54) is 0 Å². The lowest BCUT2D eigenvalue weighted by atomic mass is 10.0. The summed E-state index contributed by atoms with van der Waals surface area (Å²) in [5.41, 5.74) is 7.91. The van der Waals surface area contributed by atoms with Gasteiger partial charge in [-0.1, -0.05) is 55.8 Å². The zero-order valence-electron chi connectivity index (χ0n) is 17.3. The number of nitrogens with one attached hydrogen (secondary N) is 2. The van der Waals surface area contributed by atoms with Gasteiger partial charge < -0.3 is 16.4 Å². The van der Waals surface area contributed by atoms with Gasteiger partial charge in [0.05, 0.1) is 6.04 Å². The molecule has 1 amide bonds. The standard InChI is InChI=1S/C22H30ClN5O/c1-4-28(5-2)20(18-8-6-7-9-19(18)23)15-27-22(25-3)26-14-16-10-12-17(13-11-16)21(24)29/h6-13,20H,4-5,14-15H2,1-3H3,(H2,24,29)(H2,25,26,27). The van der Waals surface area contributed by atoms with Crippen LogP contribution in [0.3, 0.4) is 0 Å². The molecule has 0 bridgehead atoms. The van der Waals surface area contributed by atoms with Gasteiger partial charge in [0.1, 0.15) is 0 Å². The quantitative estimate of drug-likeness (QED) is 0.434. The summed E-state index contributed by atoms with van der Waals surface area (Å²) in [6.45, 7) is 7.40. The summed E-state index contributed by atoms with van der Waals surface area (Å²) in [6, 6.07) is 15.3. The van der Waals surface area contributed by atoms with E-state index in [4.69, 9.17) is 17.3 Å². The summed E-state index contributed by atoms with van der Waals surface area (Å²) in [4.78, 5) is 17.9. The Morgan fingerprint density at radius 3 is 2.31 bits per heavy atom. The number of guanidine groups is 1. The summed E-state index contributed by atoms with van der Waals surface area (Å²) in [6.07, 6.45) is 0. The molecule has 6 nitrogen and oxygen atoms in total. The van der Waals surface area contributed by atoms with Crippen molar-refractivity contribution in [3.63, 3.8) is 0 Å². The number of likely N-dealkylation sites (N-methyl/N-ethyl adjacent to an activating group) is 1. The number of carbonyl (C=O) groups excluding carboxylic acids is 1. The van der Waals surface area contributed by atoms with Gasteiger partial charge in [-0.15, -0.1) is 0 Å². The number of hydrogen-bond acceptors (Lipinski definition) is 3. The van der Waals surface area contributed by atoms with Crippen LogP contribution in [0.1, 0.15) is 41.4 Å². The maximum absolute atomic E-state index is 11.2. The number of rotatable bonds is 9. The SMILES string of the molecule is CCN(CC)C(CNC(=NC)NCc1ccc(C(N)=O)cc1)c1ccccc1Cl. The van der Waals surface area contributed by atoms with Gasteiger partial charge >= 0.3 is 0 Å².